The Morgan fingerprint density at radius 1 is 1.07 bits per heavy atom. The van der Waals surface area contributed by atoms with Crippen molar-refractivity contribution in [2.24, 2.45) is 0 Å². The molecule has 3 rings (SSSR count). The molecule has 0 atom stereocenters. The van der Waals surface area contributed by atoms with Crippen LogP contribution in [-0.4, -0.2) is 24.9 Å². The van der Waals surface area contributed by atoms with Gasteiger partial charge in [-0.15, -0.1) is 0 Å². The number of halogens is 4. The Kier molecular flexibility index (Phi) is 5.53. The maximum absolute atomic E-state index is 14.3. The van der Waals surface area contributed by atoms with Gasteiger partial charge in [0.05, 0.1) is 5.56 Å². The van der Waals surface area contributed by atoms with Crippen molar-refractivity contribution in [3.05, 3.63) is 56.7 Å². The summed E-state index contributed by atoms with van der Waals surface area (Å²) in [6.45, 7) is -0.558. The van der Waals surface area contributed by atoms with Gasteiger partial charge in [0.25, 0.3) is 0 Å². The molecular formula is C17H11Br2F2NO4S. The van der Waals surface area contributed by atoms with E-state index in [2.05, 4.69) is 37.0 Å². The summed E-state index contributed by atoms with van der Waals surface area (Å²) in [6.07, 6.45) is 0.720. The molecule has 0 fully saturated rings. The van der Waals surface area contributed by atoms with Crippen LogP contribution >= 0.6 is 31.9 Å². The SMILES string of the molecule is CS(=O)(=O)c1c(F)cc(-c2c(-c3ccc(Br)c(Br)c3)noc2CO)cc1F. The zero-order chi connectivity index (χ0) is 19.9. The molecule has 0 spiro atoms. The first-order valence-electron chi connectivity index (χ1n) is 7.37. The van der Waals surface area contributed by atoms with Crippen LogP contribution in [0.5, 0.6) is 0 Å². The first-order valence-corrected chi connectivity index (χ1v) is 10.9. The molecule has 1 aromatic heterocycles. The molecule has 0 aliphatic heterocycles. The van der Waals surface area contributed by atoms with Crippen LogP contribution in [0.15, 0.2) is 48.7 Å². The van der Waals surface area contributed by atoms with Gasteiger partial charge in [0, 0.05) is 20.8 Å². The van der Waals surface area contributed by atoms with Crippen LogP contribution in [0.2, 0.25) is 0 Å². The quantitative estimate of drug-likeness (QED) is 0.537. The van der Waals surface area contributed by atoms with Crippen molar-refractivity contribution >= 4 is 41.7 Å². The van der Waals surface area contributed by atoms with E-state index in [4.69, 9.17) is 4.52 Å². The van der Waals surface area contributed by atoms with E-state index in [1.165, 1.54) is 0 Å². The second-order valence-corrected chi connectivity index (χ2v) is 9.32. The Labute approximate surface area is 170 Å². The Morgan fingerprint density at radius 3 is 2.22 bits per heavy atom. The van der Waals surface area contributed by atoms with Gasteiger partial charge in [-0.3, -0.25) is 0 Å². The molecule has 0 saturated heterocycles. The van der Waals surface area contributed by atoms with Crippen LogP contribution in [-0.2, 0) is 16.4 Å². The lowest BCUT2D eigenvalue weighted by Crippen LogP contribution is -2.05. The van der Waals surface area contributed by atoms with Crippen molar-refractivity contribution in [1.29, 1.82) is 0 Å². The van der Waals surface area contributed by atoms with Crippen LogP contribution in [0.4, 0.5) is 8.78 Å². The minimum absolute atomic E-state index is 0.00302. The fourth-order valence-electron chi connectivity index (χ4n) is 2.63. The summed E-state index contributed by atoms with van der Waals surface area (Å²) in [5.74, 6) is -2.48. The van der Waals surface area contributed by atoms with Crippen LogP contribution in [0, 0.1) is 11.6 Å². The molecule has 5 nitrogen and oxygen atoms in total. The van der Waals surface area contributed by atoms with Gasteiger partial charge < -0.3 is 9.63 Å². The van der Waals surface area contributed by atoms with Crippen molar-refractivity contribution in [3.8, 4) is 22.4 Å². The van der Waals surface area contributed by atoms with Gasteiger partial charge in [-0.05, 0) is 61.7 Å². The molecule has 0 unspecified atom stereocenters. The summed E-state index contributed by atoms with van der Waals surface area (Å²) in [5, 5.41) is 13.4. The average molecular weight is 523 g/mol. The van der Waals surface area contributed by atoms with Crippen molar-refractivity contribution in [2.75, 3.05) is 6.26 Å². The van der Waals surface area contributed by atoms with E-state index in [1.54, 1.807) is 18.2 Å². The highest BCUT2D eigenvalue weighted by Gasteiger charge is 2.25. The number of aliphatic hydroxyl groups is 1. The first-order chi connectivity index (χ1) is 12.6. The topological polar surface area (TPSA) is 80.4 Å². The predicted molar refractivity (Wildman–Crippen MR) is 102 cm³/mol. The fraction of sp³-hybridized carbons (Fsp3) is 0.118. The van der Waals surface area contributed by atoms with E-state index in [-0.39, 0.29) is 22.6 Å². The Morgan fingerprint density at radius 2 is 1.70 bits per heavy atom. The second kappa shape index (κ2) is 7.42. The molecule has 142 valence electrons. The molecule has 0 aliphatic rings. The molecule has 1 N–H and O–H groups in total. The summed E-state index contributed by atoms with van der Waals surface area (Å²) in [5.41, 5.74) is 0.982. The van der Waals surface area contributed by atoms with Gasteiger partial charge in [0.2, 0.25) is 0 Å². The van der Waals surface area contributed by atoms with Crippen molar-refractivity contribution < 1.29 is 26.8 Å². The smallest absolute Gasteiger partial charge is 0.181 e. The molecule has 10 heteroatoms. The summed E-state index contributed by atoms with van der Waals surface area (Å²) >= 11 is 6.70. The van der Waals surface area contributed by atoms with Gasteiger partial charge in [-0.25, -0.2) is 17.2 Å². The highest BCUT2D eigenvalue weighted by atomic mass is 79.9. The van der Waals surface area contributed by atoms with Crippen molar-refractivity contribution in [3.63, 3.8) is 0 Å². The summed E-state index contributed by atoms with van der Waals surface area (Å²) in [7, 11) is -4.09. The molecule has 0 aliphatic carbocycles. The molecule has 2 aromatic carbocycles. The zero-order valence-corrected chi connectivity index (χ0v) is 17.6. The number of nitrogens with zero attached hydrogens (tertiary/aromatic N) is 1. The van der Waals surface area contributed by atoms with Gasteiger partial charge >= 0.3 is 0 Å². The number of hydrogen-bond acceptors (Lipinski definition) is 5. The number of rotatable bonds is 4. The van der Waals surface area contributed by atoms with E-state index in [0.717, 1.165) is 22.9 Å². The largest absolute Gasteiger partial charge is 0.388 e. The second-order valence-electron chi connectivity index (χ2n) is 5.66. The van der Waals surface area contributed by atoms with Gasteiger partial charge in [0.1, 0.15) is 28.8 Å². The van der Waals surface area contributed by atoms with Crippen LogP contribution in [0.1, 0.15) is 5.76 Å². The van der Waals surface area contributed by atoms with Gasteiger partial charge in [-0.1, -0.05) is 11.2 Å². The minimum atomic E-state index is -4.09. The van der Waals surface area contributed by atoms with Crippen LogP contribution in [0.3, 0.4) is 0 Å². The average Bonchev–Trinajstić information content (AvgIpc) is 2.99. The molecule has 3 aromatic rings. The van der Waals surface area contributed by atoms with Gasteiger partial charge in [-0.2, -0.15) is 0 Å². The fourth-order valence-corrected chi connectivity index (χ4v) is 4.08. The lowest BCUT2D eigenvalue weighted by atomic mass is 9.99. The lowest BCUT2D eigenvalue weighted by Gasteiger charge is -2.08. The third-order valence-corrected chi connectivity index (χ3v) is 6.77. The maximum Gasteiger partial charge on any atom is 0.181 e. The Bertz CT molecular complexity index is 1120. The van der Waals surface area contributed by atoms with E-state index >= 15 is 0 Å². The lowest BCUT2D eigenvalue weighted by molar-refractivity contribution is 0.230. The van der Waals surface area contributed by atoms with Crippen LogP contribution < -0.4 is 0 Å². The maximum atomic E-state index is 14.3. The van der Waals surface area contributed by atoms with Crippen molar-refractivity contribution in [1.82, 2.24) is 5.16 Å². The monoisotopic (exact) mass is 521 g/mol. The van der Waals surface area contributed by atoms with E-state index in [9.17, 15) is 22.3 Å². The standard InChI is InChI=1S/C17H11Br2F2NO4S/c1-27(24,25)17-12(20)5-9(6-13(17)21)15-14(7-23)26-22-16(15)8-2-3-10(18)11(19)4-8/h2-6,23H,7H2,1H3. The number of benzene rings is 2. The number of aliphatic hydroxyl groups excluding tert-OH is 1. The Balaban J connectivity index is 2.26. The van der Waals surface area contributed by atoms with E-state index in [1.807, 2.05) is 0 Å². The molecule has 0 saturated carbocycles. The van der Waals surface area contributed by atoms with E-state index in [0.29, 0.717) is 10.0 Å². The minimum Gasteiger partial charge on any atom is -0.388 e. The summed E-state index contributed by atoms with van der Waals surface area (Å²) < 4.78 is 58.5. The normalized spacial score (nSPS) is 11.8. The number of sulfone groups is 1. The molecule has 0 amide bonds. The van der Waals surface area contributed by atoms with E-state index < -0.39 is 33.0 Å². The predicted octanol–water partition coefficient (Wildman–Crippen LogP) is 4.71. The molecular weight excluding hydrogens is 512 g/mol. The first kappa shape index (κ1) is 20.1. The molecule has 1 heterocycles. The highest BCUT2D eigenvalue weighted by Crippen LogP contribution is 2.38. The molecule has 0 bridgehead atoms. The third kappa shape index (κ3) is 3.84. The number of hydrogen-bond donors (Lipinski definition) is 1. The molecule has 0 radical (unpaired) electrons. The molecule has 27 heavy (non-hydrogen) atoms. The summed E-state index contributed by atoms with van der Waals surface area (Å²) in [6, 6.07) is 6.91. The third-order valence-electron chi connectivity index (χ3n) is 3.76. The summed E-state index contributed by atoms with van der Waals surface area (Å²) in [4.78, 5) is -1.01. The zero-order valence-electron chi connectivity index (χ0n) is 13.6. The highest BCUT2D eigenvalue weighted by molar-refractivity contribution is 9.13. The van der Waals surface area contributed by atoms with Crippen LogP contribution in [0.25, 0.3) is 22.4 Å². The van der Waals surface area contributed by atoms with Crippen molar-refractivity contribution in [2.45, 2.75) is 11.5 Å². The van der Waals surface area contributed by atoms with Gasteiger partial charge in [0.15, 0.2) is 15.6 Å². The number of aromatic nitrogens is 1. The Hall–Kier alpha value is -1.62.